The van der Waals surface area contributed by atoms with Crippen LogP contribution in [0.25, 0.3) is 0 Å². The quantitative estimate of drug-likeness (QED) is 0.741. The molecule has 1 unspecified atom stereocenters. The number of benzene rings is 1. The lowest BCUT2D eigenvalue weighted by atomic mass is 10.1. The molecular formula is C21H34N4O3. The van der Waals surface area contributed by atoms with Crippen LogP contribution >= 0.6 is 0 Å². The zero-order valence-electron chi connectivity index (χ0n) is 17.3. The van der Waals surface area contributed by atoms with E-state index in [-0.39, 0.29) is 18.7 Å². The average Bonchev–Trinajstić information content (AvgIpc) is 3.33. The first-order valence-corrected chi connectivity index (χ1v) is 10.3. The van der Waals surface area contributed by atoms with Gasteiger partial charge in [0, 0.05) is 44.8 Å². The van der Waals surface area contributed by atoms with E-state index in [4.69, 9.17) is 9.84 Å². The van der Waals surface area contributed by atoms with Gasteiger partial charge < -0.3 is 25.0 Å². The van der Waals surface area contributed by atoms with Crippen molar-refractivity contribution in [3.63, 3.8) is 0 Å². The maximum absolute atomic E-state index is 12.7. The van der Waals surface area contributed by atoms with E-state index in [1.165, 1.54) is 0 Å². The van der Waals surface area contributed by atoms with Crippen LogP contribution in [0, 0.1) is 5.92 Å². The minimum absolute atomic E-state index is 0.0307. The van der Waals surface area contributed by atoms with Gasteiger partial charge in [-0.05, 0) is 44.9 Å². The van der Waals surface area contributed by atoms with Crippen molar-refractivity contribution in [3.8, 4) is 5.75 Å². The van der Waals surface area contributed by atoms with E-state index in [2.05, 4.69) is 28.1 Å². The van der Waals surface area contributed by atoms with E-state index in [0.717, 1.165) is 43.9 Å². The first-order valence-electron chi connectivity index (χ1n) is 10.3. The van der Waals surface area contributed by atoms with Gasteiger partial charge in [0.05, 0.1) is 19.4 Å². The Labute approximate surface area is 168 Å². The van der Waals surface area contributed by atoms with E-state index in [0.29, 0.717) is 25.0 Å². The Morgan fingerprint density at radius 3 is 2.86 bits per heavy atom. The largest absolute Gasteiger partial charge is 0.495 e. The van der Waals surface area contributed by atoms with E-state index in [1.54, 1.807) is 7.11 Å². The molecular weight excluding hydrogens is 356 g/mol. The number of ether oxygens (including phenoxy) is 1. The van der Waals surface area contributed by atoms with Crippen LogP contribution < -0.4 is 15.0 Å². The third-order valence-electron chi connectivity index (χ3n) is 6.25. The highest BCUT2D eigenvalue weighted by Crippen LogP contribution is 2.31. The van der Waals surface area contributed by atoms with Crippen LogP contribution in [0.3, 0.4) is 0 Å². The number of nitrogens with one attached hydrogen (secondary N) is 1. The molecule has 0 aromatic heterocycles. The first-order chi connectivity index (χ1) is 13.5. The molecule has 1 aromatic carbocycles. The lowest BCUT2D eigenvalue weighted by Gasteiger charge is -2.30. The average molecular weight is 391 g/mol. The highest BCUT2D eigenvalue weighted by Gasteiger charge is 2.36. The Hall–Kier alpha value is -1.99. The third-order valence-corrected chi connectivity index (χ3v) is 6.25. The number of likely N-dealkylation sites (N-methyl/N-ethyl adjacent to an activating group) is 1. The molecule has 2 N–H and O–H groups in total. The Morgan fingerprint density at radius 2 is 2.11 bits per heavy atom. The van der Waals surface area contributed by atoms with Crippen molar-refractivity contribution in [1.29, 1.82) is 0 Å². The van der Waals surface area contributed by atoms with Gasteiger partial charge in [0.25, 0.3) is 0 Å². The summed E-state index contributed by atoms with van der Waals surface area (Å²) >= 11 is 0. The summed E-state index contributed by atoms with van der Waals surface area (Å²) in [6.45, 7) is 6.27. The normalized spacial score (nSPS) is 24.8. The second kappa shape index (κ2) is 9.47. The Balaban J connectivity index is 1.48. The molecule has 156 valence electrons. The standard InChI is InChI=1S/C21H34N4O3/c1-16-18(23(2)12-13-26)9-11-25(16)21(27)22-14-17-8-10-24(15-17)19-6-4-5-7-20(19)28-3/h4-7,16-18,26H,8-15H2,1-3H3,(H,22,27)/t16-,17?,18-/m1/s1. The molecule has 0 aliphatic carbocycles. The van der Waals surface area contributed by atoms with Crippen molar-refractivity contribution in [2.24, 2.45) is 5.92 Å². The monoisotopic (exact) mass is 390 g/mol. The Kier molecular flexibility index (Phi) is 7.02. The fourth-order valence-electron chi connectivity index (χ4n) is 4.56. The fourth-order valence-corrected chi connectivity index (χ4v) is 4.56. The number of carbonyl (C=O) groups is 1. The molecule has 0 radical (unpaired) electrons. The molecule has 0 spiro atoms. The van der Waals surface area contributed by atoms with Gasteiger partial charge in [-0.25, -0.2) is 4.79 Å². The minimum atomic E-state index is 0.0307. The van der Waals surface area contributed by atoms with Gasteiger partial charge in [-0.15, -0.1) is 0 Å². The SMILES string of the molecule is COc1ccccc1N1CCC(CNC(=O)N2CC[C@@H](N(C)CCO)[C@H]2C)C1. The van der Waals surface area contributed by atoms with Gasteiger partial charge >= 0.3 is 6.03 Å². The number of hydrogen-bond donors (Lipinski definition) is 2. The fraction of sp³-hybridized carbons (Fsp3) is 0.667. The number of hydrogen-bond acceptors (Lipinski definition) is 5. The number of methoxy groups -OCH3 is 1. The Bertz CT molecular complexity index is 656. The minimum Gasteiger partial charge on any atom is -0.495 e. The van der Waals surface area contributed by atoms with Gasteiger partial charge in [-0.2, -0.15) is 0 Å². The predicted molar refractivity (Wildman–Crippen MR) is 111 cm³/mol. The molecule has 2 saturated heterocycles. The predicted octanol–water partition coefficient (Wildman–Crippen LogP) is 1.62. The van der Waals surface area contributed by atoms with Crippen molar-refractivity contribution >= 4 is 11.7 Å². The summed E-state index contributed by atoms with van der Waals surface area (Å²) in [4.78, 5) is 19.1. The summed E-state index contributed by atoms with van der Waals surface area (Å²) < 4.78 is 5.48. The highest BCUT2D eigenvalue weighted by atomic mass is 16.5. The molecule has 0 bridgehead atoms. The van der Waals surface area contributed by atoms with E-state index in [1.807, 2.05) is 30.1 Å². The summed E-state index contributed by atoms with van der Waals surface area (Å²) in [5.41, 5.74) is 1.13. The van der Waals surface area contributed by atoms with Crippen LogP contribution in [-0.4, -0.2) is 86.5 Å². The zero-order chi connectivity index (χ0) is 20.1. The molecule has 1 aromatic rings. The molecule has 2 amide bonds. The molecule has 2 fully saturated rings. The number of urea groups is 1. The van der Waals surface area contributed by atoms with Crippen molar-refractivity contribution < 1.29 is 14.6 Å². The maximum atomic E-state index is 12.7. The van der Waals surface area contributed by atoms with Crippen LogP contribution in [0.15, 0.2) is 24.3 Å². The van der Waals surface area contributed by atoms with Gasteiger partial charge in [0.1, 0.15) is 5.75 Å². The second-order valence-corrected chi connectivity index (χ2v) is 7.95. The van der Waals surface area contributed by atoms with E-state index < -0.39 is 0 Å². The van der Waals surface area contributed by atoms with Gasteiger partial charge in [-0.3, -0.25) is 4.90 Å². The summed E-state index contributed by atoms with van der Waals surface area (Å²) in [7, 11) is 3.72. The number of para-hydroxylation sites is 2. The molecule has 3 rings (SSSR count). The van der Waals surface area contributed by atoms with Crippen LogP contribution in [0.2, 0.25) is 0 Å². The summed E-state index contributed by atoms with van der Waals surface area (Å²) in [6.07, 6.45) is 2.02. The number of likely N-dealkylation sites (tertiary alicyclic amines) is 1. The van der Waals surface area contributed by atoms with Crippen molar-refractivity contribution in [2.75, 3.05) is 58.4 Å². The maximum Gasteiger partial charge on any atom is 0.317 e. The number of rotatable bonds is 7. The summed E-state index contributed by atoms with van der Waals surface area (Å²) in [5.74, 6) is 1.34. The lowest BCUT2D eigenvalue weighted by molar-refractivity contribution is 0.148. The topological polar surface area (TPSA) is 68.3 Å². The number of aliphatic hydroxyl groups excluding tert-OH is 1. The van der Waals surface area contributed by atoms with Crippen molar-refractivity contribution in [2.45, 2.75) is 31.8 Å². The molecule has 0 saturated carbocycles. The number of nitrogens with zero attached hydrogens (tertiary/aromatic N) is 3. The number of carbonyl (C=O) groups excluding carboxylic acids is 1. The van der Waals surface area contributed by atoms with Crippen molar-refractivity contribution in [3.05, 3.63) is 24.3 Å². The van der Waals surface area contributed by atoms with Crippen LogP contribution in [0.4, 0.5) is 10.5 Å². The summed E-state index contributed by atoms with van der Waals surface area (Å²) in [5, 5.41) is 12.3. The molecule has 28 heavy (non-hydrogen) atoms. The first kappa shape index (κ1) is 20.7. The van der Waals surface area contributed by atoms with E-state index in [9.17, 15) is 4.79 Å². The molecule has 7 nitrogen and oxygen atoms in total. The second-order valence-electron chi connectivity index (χ2n) is 7.95. The third kappa shape index (κ3) is 4.52. The number of anilines is 1. The number of aliphatic hydroxyl groups is 1. The van der Waals surface area contributed by atoms with Gasteiger partial charge in [-0.1, -0.05) is 12.1 Å². The zero-order valence-corrected chi connectivity index (χ0v) is 17.3. The van der Waals surface area contributed by atoms with Crippen molar-refractivity contribution in [1.82, 2.24) is 15.1 Å². The van der Waals surface area contributed by atoms with Crippen LogP contribution in [-0.2, 0) is 0 Å². The van der Waals surface area contributed by atoms with Crippen LogP contribution in [0.1, 0.15) is 19.8 Å². The molecule has 2 heterocycles. The summed E-state index contributed by atoms with van der Waals surface area (Å²) in [6, 6.07) is 8.60. The molecule has 2 aliphatic heterocycles. The van der Waals surface area contributed by atoms with Gasteiger partial charge in [0.15, 0.2) is 0 Å². The smallest absolute Gasteiger partial charge is 0.317 e. The van der Waals surface area contributed by atoms with Crippen LogP contribution in [0.5, 0.6) is 5.75 Å². The highest BCUT2D eigenvalue weighted by molar-refractivity contribution is 5.75. The molecule has 2 aliphatic rings. The lowest BCUT2D eigenvalue weighted by Crippen LogP contribution is -2.48. The van der Waals surface area contributed by atoms with E-state index >= 15 is 0 Å². The van der Waals surface area contributed by atoms with Gasteiger partial charge in [0.2, 0.25) is 0 Å². The molecule has 7 heteroatoms. The molecule has 3 atom stereocenters. The number of amides is 2. The Morgan fingerprint density at radius 1 is 1.32 bits per heavy atom.